The summed E-state index contributed by atoms with van der Waals surface area (Å²) >= 11 is 0. The molecule has 3 aromatic carbocycles. The molecule has 44 heavy (non-hydrogen) atoms. The third kappa shape index (κ3) is 4.77. The molecular weight excluding hydrogens is 572 g/mol. The highest BCUT2D eigenvalue weighted by Crippen LogP contribution is 2.65. The molecule has 234 valence electrons. The van der Waals surface area contributed by atoms with E-state index in [2.05, 4.69) is 53.8 Å². The van der Waals surface area contributed by atoms with E-state index < -0.39 is 33.2 Å². The van der Waals surface area contributed by atoms with Crippen LogP contribution in [0.2, 0.25) is 0 Å². The van der Waals surface area contributed by atoms with Crippen molar-refractivity contribution in [2.24, 2.45) is 5.92 Å². The zero-order valence-corrected chi connectivity index (χ0v) is 26.8. The normalized spacial score (nSPS) is 28.9. The van der Waals surface area contributed by atoms with Crippen molar-refractivity contribution in [2.75, 3.05) is 20.2 Å². The maximum absolute atomic E-state index is 13.8. The predicted octanol–water partition coefficient (Wildman–Crippen LogP) is 4.78. The maximum atomic E-state index is 13.8. The maximum Gasteiger partial charge on any atom is 0.216 e. The molecule has 2 heterocycles. The van der Waals surface area contributed by atoms with Crippen LogP contribution >= 0.6 is 0 Å². The van der Waals surface area contributed by atoms with Crippen molar-refractivity contribution in [3.63, 3.8) is 0 Å². The van der Waals surface area contributed by atoms with E-state index in [1.165, 1.54) is 11.1 Å². The summed E-state index contributed by atoms with van der Waals surface area (Å²) in [6.45, 7) is 5.97. The minimum atomic E-state index is -3.70. The number of methoxy groups -OCH3 is 1. The third-order valence-corrected chi connectivity index (χ3v) is 12.1. The number of ether oxygens (including phenoxy) is 2. The fourth-order valence-corrected chi connectivity index (χ4v) is 10.4. The van der Waals surface area contributed by atoms with Crippen LogP contribution in [0, 0.1) is 5.92 Å². The number of nitrogens with zero attached hydrogens (tertiary/aromatic N) is 1. The Labute approximate surface area is 261 Å². The Morgan fingerprint density at radius 3 is 2.55 bits per heavy atom. The van der Waals surface area contributed by atoms with E-state index in [1.807, 2.05) is 36.4 Å². The molecule has 2 fully saturated rings. The Morgan fingerprint density at radius 1 is 1.05 bits per heavy atom. The molecule has 7 nitrogen and oxygen atoms in total. The number of benzene rings is 3. The Kier molecular flexibility index (Phi) is 7.55. The molecule has 2 N–H and O–H groups in total. The summed E-state index contributed by atoms with van der Waals surface area (Å²) in [7, 11) is -2.06. The highest BCUT2D eigenvalue weighted by atomic mass is 32.2. The van der Waals surface area contributed by atoms with Crippen LogP contribution in [0.15, 0.2) is 66.7 Å². The van der Waals surface area contributed by atoms with E-state index in [-0.39, 0.29) is 11.8 Å². The lowest BCUT2D eigenvalue weighted by Crippen LogP contribution is -2.78. The van der Waals surface area contributed by atoms with E-state index in [1.54, 1.807) is 7.11 Å². The molecule has 5 atom stereocenters. The van der Waals surface area contributed by atoms with Gasteiger partial charge in [-0.25, -0.2) is 13.1 Å². The summed E-state index contributed by atoms with van der Waals surface area (Å²) in [5.74, 6) is 1.67. The van der Waals surface area contributed by atoms with Gasteiger partial charge >= 0.3 is 0 Å². The van der Waals surface area contributed by atoms with E-state index in [4.69, 9.17) is 9.47 Å². The van der Waals surface area contributed by atoms with Gasteiger partial charge in [-0.1, -0.05) is 74.5 Å². The number of sulfonamides is 1. The second-order valence-electron chi connectivity index (χ2n) is 13.7. The largest absolute Gasteiger partial charge is 0.493 e. The van der Waals surface area contributed by atoms with Gasteiger partial charge in [0.25, 0.3) is 0 Å². The molecule has 2 aliphatic heterocycles. The van der Waals surface area contributed by atoms with Crippen molar-refractivity contribution in [1.82, 2.24) is 9.62 Å². The number of hydrogen-bond donors (Lipinski definition) is 2. The second kappa shape index (κ2) is 11.2. The molecule has 4 aliphatic rings. The molecular formula is C36H44N2O5S. The fourth-order valence-electron chi connectivity index (χ4n) is 8.90. The van der Waals surface area contributed by atoms with Gasteiger partial charge in [0, 0.05) is 18.2 Å². The van der Waals surface area contributed by atoms with E-state index in [9.17, 15) is 13.5 Å². The van der Waals surface area contributed by atoms with E-state index in [0.717, 1.165) is 49.0 Å². The molecule has 3 aromatic rings. The Balaban J connectivity index is 1.21. The number of nitrogens with one attached hydrogen (secondary N) is 1. The fraction of sp³-hybridized carbons (Fsp3) is 0.500. The molecule has 8 heteroatoms. The summed E-state index contributed by atoms with van der Waals surface area (Å²) in [6, 6.07) is 21.9. The van der Waals surface area contributed by atoms with Crippen molar-refractivity contribution in [1.29, 1.82) is 0 Å². The van der Waals surface area contributed by atoms with Crippen LogP contribution in [0.4, 0.5) is 0 Å². The topological polar surface area (TPSA) is 88.1 Å². The van der Waals surface area contributed by atoms with Crippen molar-refractivity contribution < 1.29 is 23.0 Å². The van der Waals surface area contributed by atoms with Crippen molar-refractivity contribution in [3.8, 4) is 11.5 Å². The van der Waals surface area contributed by atoms with Crippen molar-refractivity contribution in [3.05, 3.63) is 94.5 Å². The monoisotopic (exact) mass is 616 g/mol. The first-order valence-corrected chi connectivity index (χ1v) is 17.7. The van der Waals surface area contributed by atoms with Crippen LogP contribution in [0.25, 0.3) is 0 Å². The molecule has 0 radical (unpaired) electrons. The van der Waals surface area contributed by atoms with E-state index >= 15 is 0 Å². The number of likely N-dealkylation sites (tertiary alicyclic amines) is 1. The van der Waals surface area contributed by atoms with Crippen molar-refractivity contribution in [2.45, 2.75) is 87.3 Å². The molecule has 0 unspecified atom stereocenters. The first-order chi connectivity index (χ1) is 21.1. The predicted molar refractivity (Wildman–Crippen MR) is 172 cm³/mol. The quantitative estimate of drug-likeness (QED) is 0.341. The molecule has 0 aromatic heterocycles. The molecule has 0 amide bonds. The summed E-state index contributed by atoms with van der Waals surface area (Å²) in [5, 5.41) is 12.9. The molecule has 1 spiro atoms. The average molecular weight is 617 g/mol. The average Bonchev–Trinajstić information content (AvgIpc) is 3.35. The van der Waals surface area contributed by atoms with Crippen LogP contribution in [-0.4, -0.2) is 62.4 Å². The van der Waals surface area contributed by atoms with Crippen LogP contribution in [0.5, 0.6) is 11.5 Å². The smallest absolute Gasteiger partial charge is 0.216 e. The number of aliphatic hydroxyl groups is 1. The van der Waals surface area contributed by atoms with Gasteiger partial charge in [-0.3, -0.25) is 4.90 Å². The Hall–Kier alpha value is -2.91. The summed E-state index contributed by atoms with van der Waals surface area (Å²) < 4.78 is 43.3. The molecule has 7 rings (SSSR count). The lowest BCUT2D eigenvalue weighted by atomic mass is 9.48. The molecule has 2 aliphatic carbocycles. The molecule has 2 bridgehead atoms. The summed E-state index contributed by atoms with van der Waals surface area (Å²) in [4.78, 5) is 2.47. The Morgan fingerprint density at radius 2 is 1.80 bits per heavy atom. The van der Waals surface area contributed by atoms with Crippen LogP contribution < -0.4 is 14.2 Å². The first kappa shape index (κ1) is 29.8. The van der Waals surface area contributed by atoms with Gasteiger partial charge in [0.15, 0.2) is 11.5 Å². The van der Waals surface area contributed by atoms with Crippen LogP contribution in [-0.2, 0) is 40.5 Å². The van der Waals surface area contributed by atoms with E-state index in [0.29, 0.717) is 36.7 Å². The third-order valence-electron chi connectivity index (χ3n) is 10.7. The minimum Gasteiger partial charge on any atom is -0.493 e. The minimum absolute atomic E-state index is 0.0709. The zero-order chi connectivity index (χ0) is 30.7. The lowest BCUT2D eigenvalue weighted by Gasteiger charge is -2.64. The van der Waals surface area contributed by atoms with Gasteiger partial charge < -0.3 is 14.6 Å². The van der Waals surface area contributed by atoms with Gasteiger partial charge in [-0.15, -0.1) is 0 Å². The van der Waals surface area contributed by atoms with Gasteiger partial charge in [0.05, 0.1) is 29.9 Å². The Bertz CT molecular complexity index is 1640. The standard InChI is InChI=1S/C36H44N2O5S/c1-24(2)21-26-11-7-8-12-28(26)23-44(40,41)37-29-15-17-36(39)31-22-27-13-14-30(42-3)33-32(27)35(36,34(29)43-33)18-20-38(31)19-16-25-9-5-4-6-10-25/h4-14,24,29,31,34,37,39H,15-23H2,1-3H3/t29-,31+,34-,35-,36+/m0/s1. The number of hydrogen-bond acceptors (Lipinski definition) is 6. The second-order valence-corrected chi connectivity index (χ2v) is 15.4. The van der Waals surface area contributed by atoms with Gasteiger partial charge in [-0.05, 0) is 79.3 Å². The number of rotatable bonds is 10. The highest BCUT2D eigenvalue weighted by Gasteiger charge is 2.73. The SMILES string of the molecule is COc1ccc2c3c1O[C@H]1[C@@H](NS(=O)(=O)Cc4ccccc4CC(C)C)CC[C@@]4(O)[C@@H](C2)N(CCc2ccccc2)CC[C@]314. The van der Waals surface area contributed by atoms with Gasteiger partial charge in [0.1, 0.15) is 6.10 Å². The lowest BCUT2D eigenvalue weighted by molar-refractivity contribution is -0.189. The number of piperidine rings is 1. The van der Waals surface area contributed by atoms with Gasteiger partial charge in [0.2, 0.25) is 10.0 Å². The van der Waals surface area contributed by atoms with Crippen LogP contribution in [0.3, 0.4) is 0 Å². The van der Waals surface area contributed by atoms with Gasteiger partial charge in [-0.2, -0.15) is 0 Å². The zero-order valence-electron chi connectivity index (χ0n) is 26.0. The van der Waals surface area contributed by atoms with Crippen LogP contribution in [0.1, 0.15) is 60.9 Å². The highest BCUT2D eigenvalue weighted by molar-refractivity contribution is 7.88. The summed E-state index contributed by atoms with van der Waals surface area (Å²) in [5.41, 5.74) is 3.66. The first-order valence-electron chi connectivity index (χ1n) is 16.1. The molecule has 1 saturated heterocycles. The molecule has 1 saturated carbocycles. The van der Waals surface area contributed by atoms with Crippen molar-refractivity contribution >= 4 is 10.0 Å². The summed E-state index contributed by atoms with van der Waals surface area (Å²) in [6.07, 6.45) is 3.67.